The molecule has 1 atom stereocenters. The van der Waals surface area contributed by atoms with Crippen LogP contribution in [0.5, 0.6) is 0 Å². The van der Waals surface area contributed by atoms with Crippen LogP contribution in [0.2, 0.25) is 0 Å². The number of ether oxygens (including phenoxy) is 1. The zero-order valence-electron chi connectivity index (χ0n) is 12.6. The molecule has 3 rings (SSSR count). The second kappa shape index (κ2) is 6.13. The number of hydrogen-bond acceptors (Lipinski definition) is 7. The van der Waals surface area contributed by atoms with Gasteiger partial charge < -0.3 is 25.8 Å². The van der Waals surface area contributed by atoms with Crippen molar-refractivity contribution < 1.29 is 14.6 Å². The summed E-state index contributed by atoms with van der Waals surface area (Å²) in [6, 6.07) is 0. The Kier molecular flexibility index (Phi) is 4.21. The van der Waals surface area contributed by atoms with Gasteiger partial charge in [-0.15, -0.1) is 0 Å². The van der Waals surface area contributed by atoms with E-state index in [4.69, 9.17) is 10.5 Å². The molecule has 0 aromatic heterocycles. The minimum Gasteiger partial charge on any atom is -0.477 e. The molecule has 0 spiro atoms. The van der Waals surface area contributed by atoms with E-state index in [0.29, 0.717) is 50.9 Å². The number of piperidine rings is 1. The lowest BCUT2D eigenvalue weighted by atomic mass is 10.1. The Balaban J connectivity index is 1.87. The third-order valence-corrected chi connectivity index (χ3v) is 4.40. The van der Waals surface area contributed by atoms with Gasteiger partial charge in [0, 0.05) is 26.2 Å². The first-order valence-electron chi connectivity index (χ1n) is 7.78. The molecule has 8 heteroatoms. The summed E-state index contributed by atoms with van der Waals surface area (Å²) >= 11 is 0. The summed E-state index contributed by atoms with van der Waals surface area (Å²) in [5.41, 5.74) is 6.50. The number of morpholine rings is 1. The summed E-state index contributed by atoms with van der Waals surface area (Å²) in [7, 11) is 0. The van der Waals surface area contributed by atoms with Gasteiger partial charge in [0.2, 0.25) is 0 Å². The predicted molar refractivity (Wildman–Crippen MR) is 81.0 cm³/mol. The van der Waals surface area contributed by atoms with Gasteiger partial charge in [0.1, 0.15) is 5.82 Å². The van der Waals surface area contributed by atoms with Gasteiger partial charge in [-0.1, -0.05) is 6.42 Å². The van der Waals surface area contributed by atoms with Gasteiger partial charge in [-0.25, -0.2) is 9.79 Å². The van der Waals surface area contributed by atoms with E-state index in [2.05, 4.69) is 10.3 Å². The number of allylic oxidation sites excluding steroid dienone is 1. The maximum atomic E-state index is 12.0. The van der Waals surface area contributed by atoms with Crippen LogP contribution in [0.4, 0.5) is 0 Å². The highest BCUT2D eigenvalue weighted by Gasteiger charge is 2.47. The Hall–Kier alpha value is -1.80. The van der Waals surface area contributed by atoms with E-state index in [1.54, 1.807) is 0 Å². The summed E-state index contributed by atoms with van der Waals surface area (Å²) in [5, 5.41) is 12.9. The van der Waals surface area contributed by atoms with E-state index in [1.165, 1.54) is 6.21 Å². The minimum atomic E-state index is -1.45. The Morgan fingerprint density at radius 3 is 2.59 bits per heavy atom. The van der Waals surface area contributed by atoms with Crippen molar-refractivity contribution in [2.45, 2.75) is 25.0 Å². The van der Waals surface area contributed by atoms with Gasteiger partial charge in [-0.05, 0) is 12.8 Å². The number of aliphatic imine (C=N–C) groups is 1. The zero-order valence-corrected chi connectivity index (χ0v) is 12.6. The third-order valence-electron chi connectivity index (χ3n) is 4.40. The molecule has 4 N–H and O–H groups in total. The Bertz CT molecular complexity index is 495. The Morgan fingerprint density at radius 1 is 1.27 bits per heavy atom. The Labute approximate surface area is 129 Å². The van der Waals surface area contributed by atoms with Gasteiger partial charge in [0.15, 0.2) is 0 Å². The number of nitrogens with two attached hydrogens (primary N) is 1. The van der Waals surface area contributed by atoms with Crippen molar-refractivity contribution in [2.24, 2.45) is 10.7 Å². The molecule has 3 aliphatic heterocycles. The van der Waals surface area contributed by atoms with E-state index in [-0.39, 0.29) is 0 Å². The number of nitrogens with one attached hydrogen (secondary N) is 1. The second-order valence-corrected chi connectivity index (χ2v) is 5.81. The summed E-state index contributed by atoms with van der Waals surface area (Å²) < 4.78 is 5.35. The lowest BCUT2D eigenvalue weighted by Gasteiger charge is -2.44. The van der Waals surface area contributed by atoms with Crippen molar-refractivity contribution in [1.82, 2.24) is 15.1 Å². The fourth-order valence-electron chi connectivity index (χ4n) is 3.16. The molecule has 0 amide bonds. The first-order valence-corrected chi connectivity index (χ1v) is 7.78. The molecular weight excluding hydrogens is 286 g/mol. The molecule has 22 heavy (non-hydrogen) atoms. The zero-order chi connectivity index (χ0) is 15.6. The van der Waals surface area contributed by atoms with Crippen molar-refractivity contribution in [2.75, 3.05) is 39.4 Å². The number of hydrogen-bond donors (Lipinski definition) is 3. The minimum absolute atomic E-state index is 0.468. The molecule has 0 aliphatic carbocycles. The smallest absolute Gasteiger partial charge is 0.369 e. The van der Waals surface area contributed by atoms with Crippen LogP contribution >= 0.6 is 0 Å². The van der Waals surface area contributed by atoms with Crippen LogP contribution in [0.3, 0.4) is 0 Å². The molecule has 0 aromatic rings. The number of aliphatic carboxylic acids is 1. The number of likely N-dealkylation sites (tertiary alicyclic amines) is 1. The number of rotatable bonds is 3. The standard InChI is InChI=1S/C14H23N5O3/c15-11-10-16-14(13(20)21,19-4-2-1-3-5-19)17-12(11)18-6-8-22-9-7-18/h10,17H,1-9,15H2,(H,20,21). The number of carboxylic acid groups (broad SMARTS) is 1. The monoisotopic (exact) mass is 309 g/mol. The van der Waals surface area contributed by atoms with Crippen LogP contribution in [0.25, 0.3) is 0 Å². The molecule has 122 valence electrons. The van der Waals surface area contributed by atoms with E-state index in [9.17, 15) is 9.90 Å². The molecule has 3 heterocycles. The van der Waals surface area contributed by atoms with Crippen LogP contribution in [0.1, 0.15) is 19.3 Å². The molecular formula is C14H23N5O3. The highest BCUT2D eigenvalue weighted by atomic mass is 16.5. The summed E-state index contributed by atoms with van der Waals surface area (Å²) in [6.07, 6.45) is 4.57. The van der Waals surface area contributed by atoms with E-state index in [1.807, 2.05) is 9.80 Å². The quantitative estimate of drug-likeness (QED) is 0.636. The normalized spacial score (nSPS) is 30.3. The molecule has 2 fully saturated rings. The molecule has 8 nitrogen and oxygen atoms in total. The van der Waals surface area contributed by atoms with Crippen molar-refractivity contribution in [3.05, 3.63) is 11.5 Å². The molecule has 0 bridgehead atoms. The van der Waals surface area contributed by atoms with E-state index < -0.39 is 11.8 Å². The van der Waals surface area contributed by atoms with Crippen molar-refractivity contribution in [3.63, 3.8) is 0 Å². The van der Waals surface area contributed by atoms with Gasteiger partial charge >= 0.3 is 5.97 Å². The summed E-state index contributed by atoms with van der Waals surface area (Å²) in [6.45, 7) is 4.03. The number of carbonyl (C=O) groups is 1. The largest absolute Gasteiger partial charge is 0.477 e. The van der Waals surface area contributed by atoms with Gasteiger partial charge in [-0.3, -0.25) is 4.90 Å². The fourth-order valence-corrected chi connectivity index (χ4v) is 3.16. The van der Waals surface area contributed by atoms with E-state index in [0.717, 1.165) is 19.3 Å². The van der Waals surface area contributed by atoms with Crippen molar-refractivity contribution >= 4 is 12.2 Å². The Morgan fingerprint density at radius 2 is 1.95 bits per heavy atom. The number of carboxylic acids is 1. The third kappa shape index (κ3) is 2.64. The van der Waals surface area contributed by atoms with Crippen LogP contribution in [0.15, 0.2) is 16.5 Å². The summed E-state index contributed by atoms with van der Waals surface area (Å²) in [4.78, 5) is 20.2. The lowest BCUT2D eigenvalue weighted by Crippen LogP contribution is -2.66. The summed E-state index contributed by atoms with van der Waals surface area (Å²) in [5.74, 6) is -1.80. The molecule has 0 aromatic carbocycles. The maximum Gasteiger partial charge on any atom is 0.369 e. The van der Waals surface area contributed by atoms with Crippen LogP contribution in [-0.2, 0) is 9.53 Å². The molecule has 0 radical (unpaired) electrons. The predicted octanol–water partition coefficient (Wildman–Crippen LogP) is -0.655. The number of nitrogens with zero attached hydrogens (tertiary/aromatic N) is 3. The average molecular weight is 309 g/mol. The van der Waals surface area contributed by atoms with Gasteiger partial charge in [-0.2, -0.15) is 0 Å². The van der Waals surface area contributed by atoms with Gasteiger partial charge in [0.25, 0.3) is 5.79 Å². The van der Waals surface area contributed by atoms with Gasteiger partial charge in [0.05, 0.1) is 25.1 Å². The van der Waals surface area contributed by atoms with Crippen LogP contribution in [-0.4, -0.2) is 72.3 Å². The highest BCUT2D eigenvalue weighted by molar-refractivity contribution is 5.87. The molecule has 2 saturated heterocycles. The highest BCUT2D eigenvalue weighted by Crippen LogP contribution is 2.26. The topological polar surface area (TPSA) is 103 Å². The lowest BCUT2D eigenvalue weighted by molar-refractivity contribution is -0.154. The van der Waals surface area contributed by atoms with Crippen molar-refractivity contribution in [1.29, 1.82) is 0 Å². The molecule has 3 aliphatic rings. The van der Waals surface area contributed by atoms with Crippen LogP contribution in [0, 0.1) is 0 Å². The van der Waals surface area contributed by atoms with Crippen LogP contribution < -0.4 is 11.1 Å². The first-order chi connectivity index (χ1) is 10.6. The maximum absolute atomic E-state index is 12.0. The van der Waals surface area contributed by atoms with E-state index >= 15 is 0 Å². The SMILES string of the molecule is NC1=C(N2CCOCC2)NC(C(=O)O)(N2CCCCC2)N=C1. The first kappa shape index (κ1) is 15.1. The second-order valence-electron chi connectivity index (χ2n) is 5.81. The fraction of sp³-hybridized carbons (Fsp3) is 0.714. The van der Waals surface area contributed by atoms with Crippen molar-refractivity contribution in [3.8, 4) is 0 Å². The molecule has 0 saturated carbocycles. The molecule has 1 unspecified atom stereocenters. The average Bonchev–Trinajstić information content (AvgIpc) is 2.57.